The van der Waals surface area contributed by atoms with Crippen molar-refractivity contribution >= 4 is 5.97 Å². The summed E-state index contributed by atoms with van der Waals surface area (Å²) in [6.07, 6.45) is 3.00. The highest BCUT2D eigenvalue weighted by atomic mass is 16.4. The van der Waals surface area contributed by atoms with Crippen LogP contribution in [0.4, 0.5) is 0 Å². The number of hydrogen-bond donors (Lipinski definition) is 1. The molecule has 0 radical (unpaired) electrons. The highest BCUT2D eigenvalue weighted by Gasteiger charge is 2.11. The summed E-state index contributed by atoms with van der Waals surface area (Å²) in [5.74, 6) is -0.811. The highest BCUT2D eigenvalue weighted by molar-refractivity contribution is 5.91. The smallest absolute Gasteiger partial charge is 0.336 e. The van der Waals surface area contributed by atoms with Crippen LogP contribution in [0.3, 0.4) is 0 Å². The van der Waals surface area contributed by atoms with E-state index in [1.54, 1.807) is 0 Å². The lowest BCUT2D eigenvalue weighted by atomic mass is 9.98. The summed E-state index contributed by atoms with van der Waals surface area (Å²) in [6.45, 7) is 3.95. The van der Waals surface area contributed by atoms with E-state index in [4.69, 9.17) is 5.11 Å². The third kappa shape index (κ3) is 2.34. The summed E-state index contributed by atoms with van der Waals surface area (Å²) in [7, 11) is 0. The highest BCUT2D eigenvalue weighted by Crippen LogP contribution is 2.16. The van der Waals surface area contributed by atoms with E-state index in [1.165, 1.54) is 0 Å². The molecule has 1 N–H and O–H groups in total. The zero-order valence-electron chi connectivity index (χ0n) is 8.71. The maximum atomic E-state index is 11.0. The zero-order chi connectivity index (χ0) is 10.6. The van der Waals surface area contributed by atoms with Gasteiger partial charge in [0.25, 0.3) is 0 Å². The first kappa shape index (κ1) is 10.8. The van der Waals surface area contributed by atoms with E-state index >= 15 is 0 Å². The summed E-state index contributed by atoms with van der Waals surface area (Å²) in [5, 5.41) is 9.05. The molecule has 0 heterocycles. The van der Waals surface area contributed by atoms with E-state index in [0.29, 0.717) is 5.56 Å². The minimum atomic E-state index is -0.811. The Morgan fingerprint density at radius 3 is 2.71 bits per heavy atom. The zero-order valence-corrected chi connectivity index (χ0v) is 8.71. The van der Waals surface area contributed by atoms with E-state index in [0.717, 1.165) is 30.4 Å². The van der Waals surface area contributed by atoms with Crippen LogP contribution in [0.2, 0.25) is 0 Å². The first-order chi connectivity index (χ1) is 6.66. The topological polar surface area (TPSA) is 37.3 Å². The number of aryl methyl sites for hydroxylation is 2. The summed E-state index contributed by atoms with van der Waals surface area (Å²) < 4.78 is 0. The molecule has 0 aromatic heterocycles. The molecule has 0 aliphatic rings. The lowest BCUT2D eigenvalue weighted by Crippen LogP contribution is -2.05. The maximum absolute atomic E-state index is 11.0. The molecular formula is C12H16O2. The fraction of sp³-hybridized carbons (Fsp3) is 0.417. The molecular weight excluding hydrogens is 176 g/mol. The Kier molecular flexibility index (Phi) is 3.69. The average molecular weight is 192 g/mol. The number of rotatable bonds is 4. The van der Waals surface area contributed by atoms with Crippen LogP contribution in [0.5, 0.6) is 0 Å². The molecule has 1 rings (SSSR count). The predicted molar refractivity (Wildman–Crippen MR) is 56.8 cm³/mol. The van der Waals surface area contributed by atoms with Crippen molar-refractivity contribution < 1.29 is 9.90 Å². The van der Waals surface area contributed by atoms with Gasteiger partial charge in [-0.15, -0.1) is 0 Å². The number of carboxylic acids is 1. The Balaban J connectivity index is 3.02. The minimum absolute atomic E-state index is 0.487. The molecule has 1 aromatic rings. The van der Waals surface area contributed by atoms with Gasteiger partial charge in [0.1, 0.15) is 0 Å². The summed E-state index contributed by atoms with van der Waals surface area (Å²) >= 11 is 0. The number of carboxylic acid groups (broad SMARTS) is 1. The second kappa shape index (κ2) is 4.80. The predicted octanol–water partition coefficient (Wildman–Crippen LogP) is 3.04. The largest absolute Gasteiger partial charge is 0.478 e. The molecule has 76 valence electrons. The number of benzene rings is 1. The van der Waals surface area contributed by atoms with Crippen LogP contribution in [0, 0.1) is 6.92 Å². The van der Waals surface area contributed by atoms with Crippen LogP contribution in [0.25, 0.3) is 0 Å². The van der Waals surface area contributed by atoms with E-state index in [9.17, 15) is 4.79 Å². The Morgan fingerprint density at radius 2 is 2.14 bits per heavy atom. The second-order valence-corrected chi connectivity index (χ2v) is 3.52. The van der Waals surface area contributed by atoms with Crippen molar-refractivity contribution in [3.05, 3.63) is 34.9 Å². The van der Waals surface area contributed by atoms with Crippen LogP contribution in [0.15, 0.2) is 18.2 Å². The fourth-order valence-corrected chi connectivity index (χ4v) is 1.61. The summed E-state index contributed by atoms with van der Waals surface area (Å²) in [6, 6.07) is 5.68. The molecule has 2 heteroatoms. The monoisotopic (exact) mass is 192 g/mol. The number of hydrogen-bond acceptors (Lipinski definition) is 1. The van der Waals surface area contributed by atoms with E-state index < -0.39 is 5.97 Å². The Hall–Kier alpha value is -1.31. The molecule has 0 fully saturated rings. The molecule has 2 nitrogen and oxygen atoms in total. The molecule has 0 unspecified atom stereocenters. The van der Waals surface area contributed by atoms with Gasteiger partial charge in [0, 0.05) is 0 Å². The van der Waals surface area contributed by atoms with Crippen LogP contribution >= 0.6 is 0 Å². The molecule has 0 bridgehead atoms. The van der Waals surface area contributed by atoms with Crippen molar-refractivity contribution in [1.29, 1.82) is 0 Å². The molecule has 1 aromatic carbocycles. The van der Waals surface area contributed by atoms with Gasteiger partial charge in [0.15, 0.2) is 0 Å². The van der Waals surface area contributed by atoms with Crippen LogP contribution in [-0.4, -0.2) is 11.1 Å². The van der Waals surface area contributed by atoms with Crippen molar-refractivity contribution in [2.24, 2.45) is 0 Å². The standard InChI is InChI=1S/C12H16O2/c1-3-4-7-10-8-5-6-9(2)11(10)12(13)14/h5-6,8H,3-4,7H2,1-2H3,(H,13,14). The normalized spacial score (nSPS) is 10.1. The number of aromatic carboxylic acids is 1. The second-order valence-electron chi connectivity index (χ2n) is 3.52. The van der Waals surface area contributed by atoms with Crippen LogP contribution in [0.1, 0.15) is 41.3 Å². The van der Waals surface area contributed by atoms with E-state index in [-0.39, 0.29) is 0 Å². The van der Waals surface area contributed by atoms with Crippen molar-refractivity contribution in [2.75, 3.05) is 0 Å². The molecule has 0 amide bonds. The lowest BCUT2D eigenvalue weighted by Gasteiger charge is -2.07. The van der Waals surface area contributed by atoms with Gasteiger partial charge in [-0.05, 0) is 30.9 Å². The first-order valence-corrected chi connectivity index (χ1v) is 4.98. The third-order valence-corrected chi connectivity index (χ3v) is 2.37. The van der Waals surface area contributed by atoms with Crippen LogP contribution in [-0.2, 0) is 6.42 Å². The Labute approximate surface area is 84.6 Å². The maximum Gasteiger partial charge on any atom is 0.336 e. The average Bonchev–Trinajstić information content (AvgIpc) is 2.14. The Morgan fingerprint density at radius 1 is 1.43 bits per heavy atom. The molecule has 14 heavy (non-hydrogen) atoms. The summed E-state index contributed by atoms with van der Waals surface area (Å²) in [4.78, 5) is 11.0. The van der Waals surface area contributed by atoms with E-state index in [2.05, 4.69) is 6.92 Å². The number of carbonyl (C=O) groups is 1. The van der Waals surface area contributed by atoms with Crippen molar-refractivity contribution in [3.63, 3.8) is 0 Å². The van der Waals surface area contributed by atoms with Gasteiger partial charge in [0.2, 0.25) is 0 Å². The van der Waals surface area contributed by atoms with Gasteiger partial charge >= 0.3 is 5.97 Å². The summed E-state index contributed by atoms with van der Waals surface area (Å²) in [5.41, 5.74) is 2.30. The third-order valence-electron chi connectivity index (χ3n) is 2.37. The van der Waals surface area contributed by atoms with E-state index in [1.807, 2.05) is 25.1 Å². The van der Waals surface area contributed by atoms with Crippen molar-refractivity contribution in [1.82, 2.24) is 0 Å². The van der Waals surface area contributed by atoms with Gasteiger partial charge in [-0.3, -0.25) is 0 Å². The molecule has 0 aliphatic heterocycles. The van der Waals surface area contributed by atoms with Crippen LogP contribution < -0.4 is 0 Å². The first-order valence-electron chi connectivity index (χ1n) is 4.98. The van der Waals surface area contributed by atoms with Crippen molar-refractivity contribution in [3.8, 4) is 0 Å². The quantitative estimate of drug-likeness (QED) is 0.796. The number of unbranched alkanes of at least 4 members (excludes halogenated alkanes) is 1. The van der Waals surface area contributed by atoms with Gasteiger partial charge in [0.05, 0.1) is 5.56 Å². The van der Waals surface area contributed by atoms with Gasteiger partial charge < -0.3 is 5.11 Å². The molecule has 0 saturated carbocycles. The fourth-order valence-electron chi connectivity index (χ4n) is 1.61. The molecule has 0 spiro atoms. The lowest BCUT2D eigenvalue weighted by molar-refractivity contribution is 0.0695. The minimum Gasteiger partial charge on any atom is -0.478 e. The van der Waals surface area contributed by atoms with Gasteiger partial charge in [-0.2, -0.15) is 0 Å². The SMILES string of the molecule is CCCCc1cccc(C)c1C(=O)O. The molecule has 0 aliphatic carbocycles. The molecule has 0 atom stereocenters. The van der Waals surface area contributed by atoms with Crippen molar-refractivity contribution in [2.45, 2.75) is 33.1 Å². The Bertz CT molecular complexity index is 329. The molecule has 0 saturated heterocycles. The van der Waals surface area contributed by atoms with Gasteiger partial charge in [-0.1, -0.05) is 31.5 Å². The van der Waals surface area contributed by atoms with Gasteiger partial charge in [-0.25, -0.2) is 4.79 Å².